The maximum Gasteiger partial charge on any atom is 0.433 e. The van der Waals surface area contributed by atoms with Crippen molar-refractivity contribution in [1.29, 1.82) is 0 Å². The second kappa shape index (κ2) is 7.78. The van der Waals surface area contributed by atoms with Crippen molar-refractivity contribution in [2.75, 3.05) is 43.5 Å². The highest BCUT2D eigenvalue weighted by atomic mass is 19.4. The van der Waals surface area contributed by atoms with Crippen LogP contribution in [0, 0.1) is 5.92 Å². The fourth-order valence-electron chi connectivity index (χ4n) is 4.40. The lowest BCUT2D eigenvalue weighted by Crippen LogP contribution is -2.48. The van der Waals surface area contributed by atoms with Crippen LogP contribution in [0.25, 0.3) is 0 Å². The number of fused-ring (bicyclic) bond motifs is 1. The van der Waals surface area contributed by atoms with E-state index >= 15 is 0 Å². The van der Waals surface area contributed by atoms with Crippen LogP contribution in [0.5, 0.6) is 0 Å². The molecule has 2 aromatic rings. The number of aromatic nitrogens is 3. The fraction of sp³-hybridized carbons (Fsp3) is 0.550. The summed E-state index contributed by atoms with van der Waals surface area (Å²) >= 11 is 0. The Morgan fingerprint density at radius 1 is 1.07 bits per heavy atom. The van der Waals surface area contributed by atoms with Gasteiger partial charge in [0.25, 0.3) is 0 Å². The maximum atomic E-state index is 12.7. The van der Waals surface area contributed by atoms with Crippen LogP contribution in [0.2, 0.25) is 0 Å². The molecule has 0 saturated carbocycles. The summed E-state index contributed by atoms with van der Waals surface area (Å²) < 4.78 is 38.2. The zero-order valence-corrected chi connectivity index (χ0v) is 16.6. The highest BCUT2D eigenvalue weighted by molar-refractivity contribution is 5.61. The van der Waals surface area contributed by atoms with Gasteiger partial charge >= 0.3 is 6.18 Å². The minimum atomic E-state index is -4.40. The topological polar surface area (TPSA) is 48.4 Å². The number of piperidine rings is 1. The van der Waals surface area contributed by atoms with E-state index < -0.39 is 11.9 Å². The van der Waals surface area contributed by atoms with Crippen LogP contribution in [-0.2, 0) is 12.7 Å². The molecule has 0 amide bonds. The molecule has 0 N–H and O–H groups in total. The number of alkyl halides is 3. The Morgan fingerprint density at radius 2 is 1.83 bits per heavy atom. The van der Waals surface area contributed by atoms with E-state index in [2.05, 4.69) is 24.8 Å². The molecule has 4 heterocycles. The van der Waals surface area contributed by atoms with E-state index in [-0.39, 0.29) is 0 Å². The summed E-state index contributed by atoms with van der Waals surface area (Å²) in [6.45, 7) is 3.35. The number of hydrogen-bond donors (Lipinski definition) is 0. The molecule has 29 heavy (non-hydrogen) atoms. The Hall–Kier alpha value is -2.42. The molecule has 0 aromatic carbocycles. The molecule has 4 rings (SSSR count). The van der Waals surface area contributed by atoms with Crippen LogP contribution in [-0.4, -0.2) is 59.6 Å². The second-order valence-electron chi connectivity index (χ2n) is 7.97. The predicted molar refractivity (Wildman–Crippen MR) is 105 cm³/mol. The third-order valence-electron chi connectivity index (χ3n) is 5.86. The normalized spacial score (nSPS) is 22.6. The number of nitrogens with zero attached hydrogens (tertiary/aromatic N) is 6. The molecule has 2 fully saturated rings. The molecule has 0 radical (unpaired) electrons. The van der Waals surface area contributed by atoms with Gasteiger partial charge in [0.15, 0.2) is 11.6 Å². The van der Waals surface area contributed by atoms with Gasteiger partial charge in [-0.1, -0.05) is 6.07 Å². The van der Waals surface area contributed by atoms with Crippen LogP contribution in [0.1, 0.15) is 24.1 Å². The third kappa shape index (κ3) is 4.14. The Bertz CT molecular complexity index is 839. The smallest absolute Gasteiger partial charge is 0.360 e. The van der Waals surface area contributed by atoms with E-state index in [0.29, 0.717) is 18.5 Å². The Balaban J connectivity index is 1.48. The van der Waals surface area contributed by atoms with Gasteiger partial charge < -0.3 is 9.80 Å². The molecule has 2 atom stereocenters. The first-order chi connectivity index (χ1) is 13.8. The number of pyridine rings is 1. The van der Waals surface area contributed by atoms with Gasteiger partial charge in [-0.25, -0.2) is 9.97 Å². The largest absolute Gasteiger partial charge is 0.433 e. The number of likely N-dealkylation sites (tertiary alicyclic amines) is 1. The van der Waals surface area contributed by atoms with Crippen molar-refractivity contribution < 1.29 is 13.2 Å². The maximum absolute atomic E-state index is 12.7. The average molecular weight is 406 g/mol. The van der Waals surface area contributed by atoms with Crippen LogP contribution in [0.3, 0.4) is 0 Å². The molecule has 2 unspecified atom stereocenters. The van der Waals surface area contributed by atoms with Crippen molar-refractivity contribution in [1.82, 2.24) is 19.9 Å². The summed E-state index contributed by atoms with van der Waals surface area (Å²) in [5, 5.41) is 0. The van der Waals surface area contributed by atoms with E-state index in [0.717, 1.165) is 55.7 Å². The Kier molecular flexibility index (Phi) is 5.33. The number of rotatable bonds is 4. The predicted octanol–water partition coefficient (Wildman–Crippen LogP) is 3.06. The van der Waals surface area contributed by atoms with Gasteiger partial charge in [0.1, 0.15) is 5.69 Å². The summed E-state index contributed by atoms with van der Waals surface area (Å²) in [7, 11) is 3.92. The lowest BCUT2D eigenvalue weighted by atomic mass is 9.92. The van der Waals surface area contributed by atoms with Crippen molar-refractivity contribution >= 4 is 11.6 Å². The number of hydrogen-bond acceptors (Lipinski definition) is 6. The third-order valence-corrected chi connectivity index (χ3v) is 5.86. The molecule has 0 bridgehead atoms. The van der Waals surface area contributed by atoms with Crippen molar-refractivity contribution in [3.8, 4) is 0 Å². The van der Waals surface area contributed by atoms with Gasteiger partial charge in [0, 0.05) is 58.4 Å². The minimum Gasteiger partial charge on any atom is -0.360 e. The van der Waals surface area contributed by atoms with Crippen molar-refractivity contribution in [3.05, 3.63) is 42.0 Å². The summed E-state index contributed by atoms with van der Waals surface area (Å²) in [5.74, 6) is 2.34. The molecular formula is C20H25F3N6. The number of halogens is 3. The van der Waals surface area contributed by atoms with Crippen LogP contribution in [0.4, 0.5) is 24.8 Å². The molecule has 9 heteroatoms. The van der Waals surface area contributed by atoms with Gasteiger partial charge in [-0.05, 0) is 36.9 Å². The van der Waals surface area contributed by atoms with Crippen LogP contribution < -0.4 is 9.80 Å². The number of anilines is 2. The zero-order chi connectivity index (χ0) is 20.6. The van der Waals surface area contributed by atoms with Gasteiger partial charge in [0.05, 0.1) is 0 Å². The summed E-state index contributed by atoms with van der Waals surface area (Å²) in [6.07, 6.45) is 2.56. The van der Waals surface area contributed by atoms with E-state index in [4.69, 9.17) is 0 Å². The van der Waals surface area contributed by atoms with E-state index in [1.807, 2.05) is 19.0 Å². The first-order valence-corrected chi connectivity index (χ1v) is 9.82. The van der Waals surface area contributed by atoms with E-state index in [1.165, 1.54) is 12.3 Å². The first-order valence-electron chi connectivity index (χ1n) is 9.82. The second-order valence-corrected chi connectivity index (χ2v) is 7.97. The quantitative estimate of drug-likeness (QED) is 0.778. The highest BCUT2D eigenvalue weighted by Crippen LogP contribution is 2.36. The molecule has 2 aliphatic heterocycles. The molecule has 2 aliphatic rings. The lowest BCUT2D eigenvalue weighted by molar-refractivity contribution is -0.141. The molecule has 0 aliphatic carbocycles. The van der Waals surface area contributed by atoms with Crippen molar-refractivity contribution in [2.45, 2.75) is 31.6 Å². The molecule has 156 valence electrons. The summed E-state index contributed by atoms with van der Waals surface area (Å²) in [6, 6.07) is 2.96. The standard InChI is InChI=1S/C20H25F3N6/c1-27(2)18-19(25-8-7-24-18)29-10-6-15-5-9-28(16(15)13-29)12-14-3-4-17(26-11-14)20(21,22)23/h3-4,7-8,11,15-16H,5-6,9-10,12-13H2,1-2H3. The van der Waals surface area contributed by atoms with Gasteiger partial charge in [-0.2, -0.15) is 13.2 Å². The molecule has 6 nitrogen and oxygen atoms in total. The lowest BCUT2D eigenvalue weighted by Gasteiger charge is -2.39. The molecular weight excluding hydrogens is 381 g/mol. The highest BCUT2D eigenvalue weighted by Gasteiger charge is 2.39. The van der Waals surface area contributed by atoms with Crippen LogP contribution >= 0.6 is 0 Å². The van der Waals surface area contributed by atoms with E-state index in [1.54, 1.807) is 12.4 Å². The average Bonchev–Trinajstić information content (AvgIpc) is 3.09. The summed E-state index contributed by atoms with van der Waals surface area (Å²) in [4.78, 5) is 19.3. The molecule has 2 aromatic heterocycles. The van der Waals surface area contributed by atoms with Gasteiger partial charge in [0.2, 0.25) is 0 Å². The van der Waals surface area contributed by atoms with Crippen LogP contribution in [0.15, 0.2) is 30.7 Å². The Morgan fingerprint density at radius 3 is 2.52 bits per heavy atom. The van der Waals surface area contributed by atoms with Crippen molar-refractivity contribution in [2.24, 2.45) is 5.92 Å². The van der Waals surface area contributed by atoms with Crippen molar-refractivity contribution in [3.63, 3.8) is 0 Å². The molecule has 2 saturated heterocycles. The minimum absolute atomic E-state index is 0.350. The van der Waals surface area contributed by atoms with E-state index in [9.17, 15) is 13.2 Å². The van der Waals surface area contributed by atoms with Gasteiger partial charge in [-0.3, -0.25) is 9.88 Å². The fourth-order valence-corrected chi connectivity index (χ4v) is 4.40. The first kappa shape index (κ1) is 19.9. The van der Waals surface area contributed by atoms with Gasteiger partial charge in [-0.15, -0.1) is 0 Å². The molecule has 0 spiro atoms. The zero-order valence-electron chi connectivity index (χ0n) is 16.6. The monoisotopic (exact) mass is 406 g/mol. The Labute approximate surface area is 168 Å². The SMILES string of the molecule is CN(C)c1nccnc1N1CCC2CCN(Cc3ccc(C(F)(F)F)nc3)C2C1. The summed E-state index contributed by atoms with van der Waals surface area (Å²) in [5.41, 5.74) is -0.0347.